The third-order valence-electron chi connectivity index (χ3n) is 3.05. The van der Waals surface area contributed by atoms with Crippen LogP contribution in [-0.4, -0.2) is 54.5 Å². The topological polar surface area (TPSA) is 76.1 Å². The van der Waals surface area contributed by atoms with Crippen LogP contribution in [0.5, 0.6) is 0 Å². The monoisotopic (exact) mass is 259 g/mol. The van der Waals surface area contributed by atoms with Gasteiger partial charge in [0, 0.05) is 13.2 Å². The zero-order valence-corrected chi connectivity index (χ0v) is 10.9. The second kappa shape index (κ2) is 7.20. The molecular formula is C12H21NO5. The Labute approximate surface area is 107 Å². The standard InChI is InChI=1S/C12H21NO5/c1-3-17-11(15)10-9(6-8-14)5-7-13(10)12(16)18-4-2/h9-10,14H,3-8H2,1-2H3/t9-,10-/m1/s1. The Morgan fingerprint density at radius 1 is 1.28 bits per heavy atom. The maximum atomic E-state index is 11.9. The number of amides is 1. The van der Waals surface area contributed by atoms with Gasteiger partial charge in [0.05, 0.1) is 13.2 Å². The highest BCUT2D eigenvalue weighted by Crippen LogP contribution is 2.28. The predicted octanol–water partition coefficient (Wildman–Crippen LogP) is 0.779. The van der Waals surface area contributed by atoms with Crippen LogP contribution in [0.3, 0.4) is 0 Å². The molecule has 0 aliphatic carbocycles. The second-order valence-corrected chi connectivity index (χ2v) is 4.15. The van der Waals surface area contributed by atoms with Crippen LogP contribution in [0.15, 0.2) is 0 Å². The second-order valence-electron chi connectivity index (χ2n) is 4.15. The summed E-state index contributed by atoms with van der Waals surface area (Å²) in [5.41, 5.74) is 0. The molecule has 18 heavy (non-hydrogen) atoms. The van der Waals surface area contributed by atoms with Gasteiger partial charge in [-0.15, -0.1) is 0 Å². The first-order valence-electron chi connectivity index (χ1n) is 6.36. The molecule has 0 aromatic carbocycles. The molecule has 0 saturated carbocycles. The number of esters is 1. The van der Waals surface area contributed by atoms with Gasteiger partial charge in [0.25, 0.3) is 0 Å². The maximum Gasteiger partial charge on any atom is 0.410 e. The Hall–Kier alpha value is -1.30. The molecule has 1 fully saturated rings. The molecule has 0 radical (unpaired) electrons. The zero-order chi connectivity index (χ0) is 13.5. The van der Waals surface area contributed by atoms with E-state index in [1.54, 1.807) is 13.8 Å². The van der Waals surface area contributed by atoms with Gasteiger partial charge in [0.1, 0.15) is 6.04 Å². The minimum absolute atomic E-state index is 0.00274. The third kappa shape index (κ3) is 3.35. The molecule has 6 heteroatoms. The summed E-state index contributed by atoms with van der Waals surface area (Å²) in [5.74, 6) is -0.472. The number of hydrogen-bond acceptors (Lipinski definition) is 5. The van der Waals surface area contributed by atoms with E-state index in [0.29, 0.717) is 19.4 Å². The van der Waals surface area contributed by atoms with Gasteiger partial charge in [-0.3, -0.25) is 4.90 Å². The van der Waals surface area contributed by atoms with Crippen molar-refractivity contribution in [3.05, 3.63) is 0 Å². The molecule has 0 unspecified atom stereocenters. The van der Waals surface area contributed by atoms with E-state index in [1.807, 2.05) is 0 Å². The Kier molecular flexibility index (Phi) is 5.91. The summed E-state index contributed by atoms with van der Waals surface area (Å²) in [7, 11) is 0. The number of hydrogen-bond donors (Lipinski definition) is 1. The van der Waals surface area contributed by atoms with Gasteiger partial charge in [0.15, 0.2) is 0 Å². The van der Waals surface area contributed by atoms with Gasteiger partial charge in [0.2, 0.25) is 0 Å². The summed E-state index contributed by atoms with van der Waals surface area (Å²) in [6.07, 6.45) is 0.679. The zero-order valence-electron chi connectivity index (χ0n) is 10.9. The van der Waals surface area contributed by atoms with Crippen molar-refractivity contribution < 1.29 is 24.2 Å². The fourth-order valence-corrected chi connectivity index (χ4v) is 2.28. The van der Waals surface area contributed by atoms with Crippen LogP contribution in [0.2, 0.25) is 0 Å². The van der Waals surface area contributed by atoms with E-state index in [0.717, 1.165) is 0 Å². The van der Waals surface area contributed by atoms with E-state index in [9.17, 15) is 9.59 Å². The summed E-state index contributed by atoms with van der Waals surface area (Å²) >= 11 is 0. The predicted molar refractivity (Wildman–Crippen MR) is 64.0 cm³/mol. The van der Waals surface area contributed by atoms with Crippen LogP contribution in [0, 0.1) is 5.92 Å². The molecule has 1 rings (SSSR count). The number of carbonyl (C=O) groups is 2. The van der Waals surface area contributed by atoms with Gasteiger partial charge in [-0.2, -0.15) is 0 Å². The summed E-state index contributed by atoms with van der Waals surface area (Å²) in [6, 6.07) is -0.629. The number of rotatable bonds is 5. The minimum Gasteiger partial charge on any atom is -0.464 e. The molecule has 6 nitrogen and oxygen atoms in total. The largest absolute Gasteiger partial charge is 0.464 e. The Morgan fingerprint density at radius 3 is 2.50 bits per heavy atom. The molecule has 1 saturated heterocycles. The van der Waals surface area contributed by atoms with Gasteiger partial charge in [-0.25, -0.2) is 9.59 Å². The molecule has 1 amide bonds. The molecular weight excluding hydrogens is 238 g/mol. The van der Waals surface area contributed by atoms with Crippen molar-refractivity contribution in [3.63, 3.8) is 0 Å². The summed E-state index contributed by atoms with van der Waals surface area (Å²) in [5, 5.41) is 9.00. The van der Waals surface area contributed by atoms with Crippen molar-refractivity contribution in [2.24, 2.45) is 5.92 Å². The van der Waals surface area contributed by atoms with Gasteiger partial charge in [-0.05, 0) is 32.6 Å². The summed E-state index contributed by atoms with van der Waals surface area (Å²) in [4.78, 5) is 25.0. The average molecular weight is 259 g/mol. The van der Waals surface area contributed by atoms with Crippen molar-refractivity contribution in [2.45, 2.75) is 32.7 Å². The first-order valence-corrected chi connectivity index (χ1v) is 6.36. The third-order valence-corrected chi connectivity index (χ3v) is 3.05. The lowest BCUT2D eigenvalue weighted by molar-refractivity contribution is -0.149. The van der Waals surface area contributed by atoms with E-state index < -0.39 is 18.1 Å². The molecule has 0 bridgehead atoms. The molecule has 0 aromatic rings. The SMILES string of the molecule is CCOC(=O)[C@H]1[C@@H](CCO)CCN1C(=O)OCC. The smallest absolute Gasteiger partial charge is 0.410 e. The summed E-state index contributed by atoms with van der Waals surface area (Å²) in [6.45, 7) is 4.46. The van der Waals surface area contributed by atoms with Crippen molar-refractivity contribution in [1.29, 1.82) is 0 Å². The Balaban J connectivity index is 2.76. The lowest BCUT2D eigenvalue weighted by Gasteiger charge is -2.25. The van der Waals surface area contributed by atoms with Crippen LogP contribution >= 0.6 is 0 Å². The number of likely N-dealkylation sites (tertiary alicyclic amines) is 1. The number of nitrogens with zero attached hydrogens (tertiary/aromatic N) is 1. The van der Waals surface area contributed by atoms with Crippen LogP contribution in [-0.2, 0) is 14.3 Å². The molecule has 1 heterocycles. The van der Waals surface area contributed by atoms with Crippen LogP contribution in [0.25, 0.3) is 0 Å². The highest BCUT2D eigenvalue weighted by atomic mass is 16.6. The van der Waals surface area contributed by atoms with Crippen molar-refractivity contribution >= 4 is 12.1 Å². The normalized spacial score (nSPS) is 22.9. The van der Waals surface area contributed by atoms with Gasteiger partial charge < -0.3 is 14.6 Å². The molecule has 2 atom stereocenters. The van der Waals surface area contributed by atoms with E-state index in [1.165, 1.54) is 4.90 Å². The maximum absolute atomic E-state index is 11.9. The van der Waals surface area contributed by atoms with E-state index >= 15 is 0 Å². The van der Waals surface area contributed by atoms with Crippen molar-refractivity contribution in [2.75, 3.05) is 26.4 Å². The number of aliphatic hydroxyl groups excluding tert-OH is 1. The number of carbonyl (C=O) groups excluding carboxylic acids is 2. The average Bonchev–Trinajstić information content (AvgIpc) is 2.74. The quantitative estimate of drug-likeness (QED) is 0.738. The van der Waals surface area contributed by atoms with E-state index in [-0.39, 0.29) is 25.7 Å². The van der Waals surface area contributed by atoms with Crippen LogP contribution < -0.4 is 0 Å². The lowest BCUT2D eigenvalue weighted by atomic mass is 9.97. The van der Waals surface area contributed by atoms with Crippen molar-refractivity contribution in [3.8, 4) is 0 Å². The molecule has 0 aromatic heterocycles. The fraction of sp³-hybridized carbons (Fsp3) is 0.833. The fourth-order valence-electron chi connectivity index (χ4n) is 2.28. The summed E-state index contributed by atoms with van der Waals surface area (Å²) < 4.78 is 9.92. The molecule has 1 N–H and O–H groups in total. The minimum atomic E-state index is -0.629. The Morgan fingerprint density at radius 2 is 1.94 bits per heavy atom. The molecule has 1 aliphatic rings. The number of aliphatic hydroxyl groups is 1. The van der Waals surface area contributed by atoms with Gasteiger partial charge >= 0.3 is 12.1 Å². The highest BCUT2D eigenvalue weighted by molar-refractivity contribution is 5.82. The first-order chi connectivity index (χ1) is 8.65. The van der Waals surface area contributed by atoms with Crippen LogP contribution in [0.4, 0.5) is 4.79 Å². The molecule has 0 spiro atoms. The van der Waals surface area contributed by atoms with Crippen LogP contribution in [0.1, 0.15) is 26.7 Å². The lowest BCUT2D eigenvalue weighted by Crippen LogP contribution is -2.44. The Bertz CT molecular complexity index is 294. The first kappa shape index (κ1) is 14.8. The van der Waals surface area contributed by atoms with E-state index in [2.05, 4.69) is 0 Å². The van der Waals surface area contributed by atoms with Gasteiger partial charge in [-0.1, -0.05) is 0 Å². The highest BCUT2D eigenvalue weighted by Gasteiger charge is 2.43. The van der Waals surface area contributed by atoms with Crippen molar-refractivity contribution in [1.82, 2.24) is 4.90 Å². The molecule has 104 valence electrons. The number of ether oxygens (including phenoxy) is 2. The van der Waals surface area contributed by atoms with E-state index in [4.69, 9.17) is 14.6 Å². The molecule has 1 aliphatic heterocycles.